The molecular formula is C17H24O. The Bertz CT molecular complexity index is 394. The molecule has 0 amide bonds. The molecule has 0 N–H and O–H groups in total. The molecule has 1 saturated carbocycles. The molecule has 98 valence electrons. The van der Waals surface area contributed by atoms with Gasteiger partial charge in [-0.2, -0.15) is 0 Å². The lowest BCUT2D eigenvalue weighted by Crippen LogP contribution is -2.26. The van der Waals surface area contributed by atoms with Crippen LogP contribution in [0.5, 0.6) is 0 Å². The largest absolute Gasteiger partial charge is 0.294 e. The van der Waals surface area contributed by atoms with Gasteiger partial charge in [0.05, 0.1) is 0 Å². The lowest BCUT2D eigenvalue weighted by molar-refractivity contribution is 0.0836. The van der Waals surface area contributed by atoms with E-state index in [0.29, 0.717) is 17.6 Å². The fourth-order valence-corrected chi connectivity index (χ4v) is 3.30. The third kappa shape index (κ3) is 3.01. The van der Waals surface area contributed by atoms with Gasteiger partial charge in [-0.1, -0.05) is 45.0 Å². The molecule has 2 atom stereocenters. The standard InChI is InChI=1S/C17H24O/c1-4-14-5-7-15(8-6-14)17(18)16-10-12(2)9-13(3)11-16/h5-8,12-13,16H,4,9-11H2,1-3H3. The third-order valence-corrected chi connectivity index (χ3v) is 4.20. The second-order valence-corrected chi connectivity index (χ2v) is 6.03. The number of aryl methyl sites for hydroxylation is 1. The van der Waals surface area contributed by atoms with Gasteiger partial charge < -0.3 is 0 Å². The van der Waals surface area contributed by atoms with E-state index in [1.54, 1.807) is 0 Å². The van der Waals surface area contributed by atoms with E-state index in [4.69, 9.17) is 0 Å². The first-order valence-corrected chi connectivity index (χ1v) is 7.23. The van der Waals surface area contributed by atoms with Crippen molar-refractivity contribution in [2.24, 2.45) is 17.8 Å². The highest BCUT2D eigenvalue weighted by molar-refractivity contribution is 5.97. The molecule has 0 aromatic heterocycles. The van der Waals surface area contributed by atoms with Gasteiger partial charge in [-0.3, -0.25) is 4.79 Å². The number of carbonyl (C=O) groups is 1. The molecule has 1 aromatic carbocycles. The number of ketones is 1. The minimum absolute atomic E-state index is 0.247. The van der Waals surface area contributed by atoms with E-state index in [2.05, 4.69) is 32.9 Å². The summed E-state index contributed by atoms with van der Waals surface area (Å²) in [7, 11) is 0. The summed E-state index contributed by atoms with van der Waals surface area (Å²) in [4.78, 5) is 12.5. The summed E-state index contributed by atoms with van der Waals surface area (Å²) in [5, 5.41) is 0. The zero-order valence-electron chi connectivity index (χ0n) is 11.8. The van der Waals surface area contributed by atoms with Crippen molar-refractivity contribution < 1.29 is 4.79 Å². The maximum atomic E-state index is 12.5. The maximum absolute atomic E-state index is 12.5. The Morgan fingerprint density at radius 3 is 2.11 bits per heavy atom. The highest BCUT2D eigenvalue weighted by atomic mass is 16.1. The van der Waals surface area contributed by atoms with Crippen LogP contribution in [0.3, 0.4) is 0 Å². The maximum Gasteiger partial charge on any atom is 0.165 e. The monoisotopic (exact) mass is 244 g/mol. The highest BCUT2D eigenvalue weighted by Gasteiger charge is 2.29. The molecule has 1 heteroatoms. The van der Waals surface area contributed by atoms with E-state index in [1.165, 1.54) is 12.0 Å². The summed E-state index contributed by atoms with van der Waals surface area (Å²) < 4.78 is 0. The zero-order valence-corrected chi connectivity index (χ0v) is 11.8. The van der Waals surface area contributed by atoms with Gasteiger partial charge in [0.15, 0.2) is 5.78 Å². The fraction of sp³-hybridized carbons (Fsp3) is 0.588. The molecule has 1 nitrogen and oxygen atoms in total. The zero-order chi connectivity index (χ0) is 13.1. The fourth-order valence-electron chi connectivity index (χ4n) is 3.30. The Morgan fingerprint density at radius 1 is 1.06 bits per heavy atom. The minimum Gasteiger partial charge on any atom is -0.294 e. The number of hydrogen-bond acceptors (Lipinski definition) is 1. The topological polar surface area (TPSA) is 17.1 Å². The summed E-state index contributed by atoms with van der Waals surface area (Å²) in [6, 6.07) is 8.18. The molecular weight excluding hydrogens is 220 g/mol. The normalized spacial score (nSPS) is 28.1. The van der Waals surface area contributed by atoms with Gasteiger partial charge >= 0.3 is 0 Å². The SMILES string of the molecule is CCc1ccc(C(=O)C2CC(C)CC(C)C2)cc1. The van der Waals surface area contributed by atoms with Gasteiger partial charge in [-0.05, 0) is 43.1 Å². The molecule has 18 heavy (non-hydrogen) atoms. The number of hydrogen-bond donors (Lipinski definition) is 0. The van der Waals surface area contributed by atoms with Gasteiger partial charge in [-0.15, -0.1) is 0 Å². The molecule has 2 rings (SSSR count). The lowest BCUT2D eigenvalue weighted by atomic mass is 9.74. The van der Waals surface area contributed by atoms with Crippen LogP contribution in [0.25, 0.3) is 0 Å². The van der Waals surface area contributed by atoms with Gasteiger partial charge in [-0.25, -0.2) is 0 Å². The summed E-state index contributed by atoms with van der Waals surface area (Å²) >= 11 is 0. The first kappa shape index (κ1) is 13.3. The molecule has 1 fully saturated rings. The van der Waals surface area contributed by atoms with Crippen molar-refractivity contribution in [3.05, 3.63) is 35.4 Å². The lowest BCUT2D eigenvalue weighted by Gasteiger charge is -2.30. The summed E-state index contributed by atoms with van der Waals surface area (Å²) in [5.74, 6) is 1.99. The number of rotatable bonds is 3. The van der Waals surface area contributed by atoms with Crippen molar-refractivity contribution in [3.63, 3.8) is 0 Å². The third-order valence-electron chi connectivity index (χ3n) is 4.20. The highest BCUT2D eigenvalue weighted by Crippen LogP contribution is 2.34. The molecule has 2 unspecified atom stereocenters. The van der Waals surface area contributed by atoms with Crippen LogP contribution in [0.2, 0.25) is 0 Å². The van der Waals surface area contributed by atoms with Gasteiger partial charge in [0, 0.05) is 11.5 Å². The number of carbonyl (C=O) groups excluding carboxylic acids is 1. The molecule has 1 aromatic rings. The Balaban J connectivity index is 2.09. The summed E-state index contributed by atoms with van der Waals surface area (Å²) in [6.07, 6.45) is 4.45. The van der Waals surface area contributed by atoms with Crippen LogP contribution in [0.1, 0.15) is 56.0 Å². The second kappa shape index (κ2) is 5.69. The Morgan fingerprint density at radius 2 is 1.61 bits per heavy atom. The van der Waals surface area contributed by atoms with Crippen LogP contribution < -0.4 is 0 Å². The molecule has 0 saturated heterocycles. The Labute approximate surface area is 111 Å². The van der Waals surface area contributed by atoms with E-state index in [9.17, 15) is 4.79 Å². The van der Waals surface area contributed by atoms with Gasteiger partial charge in [0.25, 0.3) is 0 Å². The molecule has 1 aliphatic rings. The predicted octanol–water partition coefficient (Wildman–Crippen LogP) is 4.50. The Kier molecular flexibility index (Phi) is 4.21. The van der Waals surface area contributed by atoms with Crippen molar-refractivity contribution in [2.75, 3.05) is 0 Å². The molecule has 0 aliphatic heterocycles. The van der Waals surface area contributed by atoms with Crippen LogP contribution in [0.15, 0.2) is 24.3 Å². The number of benzene rings is 1. The van der Waals surface area contributed by atoms with Crippen LogP contribution in [-0.4, -0.2) is 5.78 Å². The van der Waals surface area contributed by atoms with Gasteiger partial charge in [0.1, 0.15) is 0 Å². The quantitative estimate of drug-likeness (QED) is 0.715. The van der Waals surface area contributed by atoms with Crippen molar-refractivity contribution in [3.8, 4) is 0 Å². The van der Waals surface area contributed by atoms with Crippen molar-refractivity contribution in [1.29, 1.82) is 0 Å². The first-order chi connectivity index (χ1) is 8.60. The van der Waals surface area contributed by atoms with Crippen LogP contribution in [-0.2, 0) is 6.42 Å². The molecule has 0 bridgehead atoms. The second-order valence-electron chi connectivity index (χ2n) is 6.03. The van der Waals surface area contributed by atoms with Gasteiger partial charge in [0.2, 0.25) is 0 Å². The molecule has 0 spiro atoms. The van der Waals surface area contributed by atoms with Crippen molar-refractivity contribution >= 4 is 5.78 Å². The van der Waals surface area contributed by atoms with Crippen LogP contribution in [0, 0.1) is 17.8 Å². The van der Waals surface area contributed by atoms with E-state index in [-0.39, 0.29) is 5.92 Å². The van der Waals surface area contributed by atoms with Crippen molar-refractivity contribution in [2.45, 2.75) is 46.5 Å². The predicted molar refractivity (Wildman–Crippen MR) is 75.8 cm³/mol. The summed E-state index contributed by atoms with van der Waals surface area (Å²) in [6.45, 7) is 6.69. The molecule has 0 radical (unpaired) electrons. The van der Waals surface area contributed by atoms with E-state index in [0.717, 1.165) is 24.8 Å². The van der Waals surface area contributed by atoms with Crippen LogP contribution >= 0.6 is 0 Å². The number of Topliss-reactive ketones (excluding diaryl/α,β-unsaturated/α-hetero) is 1. The first-order valence-electron chi connectivity index (χ1n) is 7.23. The van der Waals surface area contributed by atoms with E-state index < -0.39 is 0 Å². The summed E-state index contributed by atoms with van der Waals surface area (Å²) in [5.41, 5.74) is 2.20. The molecule has 1 aliphatic carbocycles. The minimum atomic E-state index is 0.247. The average molecular weight is 244 g/mol. The average Bonchev–Trinajstić information content (AvgIpc) is 2.37. The smallest absolute Gasteiger partial charge is 0.165 e. The van der Waals surface area contributed by atoms with Crippen LogP contribution in [0.4, 0.5) is 0 Å². The van der Waals surface area contributed by atoms with Crippen molar-refractivity contribution in [1.82, 2.24) is 0 Å². The van der Waals surface area contributed by atoms with E-state index >= 15 is 0 Å². The van der Waals surface area contributed by atoms with E-state index in [1.807, 2.05) is 12.1 Å². The Hall–Kier alpha value is -1.11. The molecule has 0 heterocycles.